The molecule has 0 saturated carbocycles. The van der Waals surface area contributed by atoms with Crippen LogP contribution in [0.15, 0.2) is 97.1 Å². The molecule has 43 heavy (non-hydrogen) atoms. The van der Waals surface area contributed by atoms with Gasteiger partial charge in [-0.05, 0) is 66.1 Å². The Morgan fingerprint density at radius 2 is 1.72 bits per heavy atom. The van der Waals surface area contributed by atoms with E-state index in [0.717, 1.165) is 38.9 Å². The number of para-hydroxylation sites is 1. The Hall–Kier alpha value is -5.37. The van der Waals surface area contributed by atoms with E-state index in [0.29, 0.717) is 30.0 Å². The first kappa shape index (κ1) is 26.5. The lowest BCUT2D eigenvalue weighted by molar-refractivity contribution is -0.120. The summed E-state index contributed by atoms with van der Waals surface area (Å²) in [4.78, 5) is 47.4. The number of methoxy groups -OCH3 is 1. The molecule has 2 aliphatic heterocycles. The molecular formula is C35H30N4O4. The number of aromatic nitrogens is 1. The molecule has 2 aliphatic rings. The second-order valence-corrected chi connectivity index (χ2v) is 11.0. The van der Waals surface area contributed by atoms with Crippen LogP contribution in [0.4, 0.5) is 10.5 Å². The number of aromatic amines is 1. The van der Waals surface area contributed by atoms with Gasteiger partial charge in [-0.25, -0.2) is 9.69 Å². The maximum absolute atomic E-state index is 14.1. The van der Waals surface area contributed by atoms with Crippen molar-refractivity contribution in [3.8, 4) is 5.75 Å². The fourth-order valence-electron chi connectivity index (χ4n) is 6.22. The largest absolute Gasteiger partial charge is 0.497 e. The van der Waals surface area contributed by atoms with Crippen molar-refractivity contribution < 1.29 is 19.1 Å². The van der Waals surface area contributed by atoms with Crippen molar-refractivity contribution in [3.63, 3.8) is 0 Å². The van der Waals surface area contributed by atoms with Gasteiger partial charge in [-0.15, -0.1) is 0 Å². The zero-order valence-electron chi connectivity index (χ0n) is 23.8. The third kappa shape index (κ3) is 4.52. The number of nitrogens with zero attached hydrogens (tertiary/aromatic N) is 2. The Balaban J connectivity index is 1.20. The van der Waals surface area contributed by atoms with Crippen molar-refractivity contribution >= 4 is 34.4 Å². The number of carbonyl (C=O) groups is 3. The predicted octanol–water partition coefficient (Wildman–Crippen LogP) is 5.90. The summed E-state index contributed by atoms with van der Waals surface area (Å²) in [6, 6.07) is 28.6. The Bertz CT molecular complexity index is 1880. The van der Waals surface area contributed by atoms with E-state index in [9.17, 15) is 14.4 Å². The highest BCUT2D eigenvalue weighted by Gasteiger charge is 2.53. The molecule has 2 atom stereocenters. The van der Waals surface area contributed by atoms with E-state index in [1.807, 2.05) is 79.7 Å². The number of urea groups is 1. The number of anilines is 1. The molecule has 4 aromatic carbocycles. The molecule has 3 heterocycles. The van der Waals surface area contributed by atoms with Crippen molar-refractivity contribution in [3.05, 3.63) is 131 Å². The van der Waals surface area contributed by atoms with Crippen molar-refractivity contribution in [1.82, 2.24) is 15.2 Å². The van der Waals surface area contributed by atoms with Crippen LogP contribution in [-0.2, 0) is 17.8 Å². The van der Waals surface area contributed by atoms with Gasteiger partial charge >= 0.3 is 6.03 Å². The second-order valence-electron chi connectivity index (χ2n) is 11.0. The van der Waals surface area contributed by atoms with Gasteiger partial charge in [0.15, 0.2) is 0 Å². The number of aryl methyl sites for hydroxylation is 1. The number of fused-ring (bicyclic) bond motifs is 4. The summed E-state index contributed by atoms with van der Waals surface area (Å²) in [6.07, 6.45) is 0.403. The van der Waals surface area contributed by atoms with Crippen LogP contribution in [0.3, 0.4) is 0 Å². The topological polar surface area (TPSA) is 94.7 Å². The van der Waals surface area contributed by atoms with Crippen LogP contribution in [-0.4, -0.2) is 40.9 Å². The fourth-order valence-corrected chi connectivity index (χ4v) is 6.22. The second kappa shape index (κ2) is 10.5. The molecule has 0 aliphatic carbocycles. The number of H-pyrrole nitrogens is 1. The molecule has 7 rings (SSSR count). The number of ether oxygens (including phenoxy) is 1. The van der Waals surface area contributed by atoms with E-state index in [1.54, 1.807) is 36.3 Å². The van der Waals surface area contributed by atoms with Crippen molar-refractivity contribution in [2.45, 2.75) is 32.0 Å². The summed E-state index contributed by atoms with van der Waals surface area (Å²) in [6.45, 7) is 2.42. The maximum atomic E-state index is 14.1. The first-order chi connectivity index (χ1) is 20.9. The van der Waals surface area contributed by atoms with E-state index in [4.69, 9.17) is 4.74 Å². The van der Waals surface area contributed by atoms with Crippen LogP contribution in [0, 0.1) is 6.92 Å². The molecule has 1 unspecified atom stereocenters. The molecule has 0 spiro atoms. The van der Waals surface area contributed by atoms with Crippen LogP contribution in [0.1, 0.15) is 44.3 Å². The van der Waals surface area contributed by atoms with Crippen LogP contribution in [0.5, 0.6) is 5.75 Å². The highest BCUT2D eigenvalue weighted by atomic mass is 16.5. The lowest BCUT2D eigenvalue weighted by atomic mass is 9.89. The van der Waals surface area contributed by atoms with Crippen LogP contribution < -0.4 is 15.0 Å². The summed E-state index contributed by atoms with van der Waals surface area (Å²) in [5.74, 6) is 0.154. The first-order valence-electron chi connectivity index (χ1n) is 14.3. The third-order valence-electron chi connectivity index (χ3n) is 8.42. The number of amides is 4. The summed E-state index contributed by atoms with van der Waals surface area (Å²) < 4.78 is 5.50. The molecule has 1 saturated heterocycles. The predicted molar refractivity (Wildman–Crippen MR) is 164 cm³/mol. The number of imide groups is 1. The quantitative estimate of drug-likeness (QED) is 0.249. The van der Waals surface area contributed by atoms with Crippen molar-refractivity contribution in [2.75, 3.05) is 12.0 Å². The number of nitrogens with one attached hydrogen (secondary N) is 2. The molecule has 1 fully saturated rings. The van der Waals surface area contributed by atoms with Gasteiger partial charge in [-0.2, -0.15) is 0 Å². The highest BCUT2D eigenvalue weighted by Crippen LogP contribution is 2.45. The monoisotopic (exact) mass is 570 g/mol. The average Bonchev–Trinajstić information content (AvgIpc) is 3.53. The molecule has 214 valence electrons. The van der Waals surface area contributed by atoms with E-state index in [1.165, 1.54) is 4.90 Å². The van der Waals surface area contributed by atoms with Crippen LogP contribution >= 0.6 is 0 Å². The fraction of sp³-hybridized carbons (Fsp3) is 0.171. The van der Waals surface area contributed by atoms with E-state index >= 15 is 0 Å². The summed E-state index contributed by atoms with van der Waals surface area (Å²) in [5.41, 5.74) is 6.78. The van der Waals surface area contributed by atoms with Gasteiger partial charge in [0.1, 0.15) is 17.8 Å². The Labute approximate surface area is 248 Å². The normalized spacial score (nSPS) is 17.6. The van der Waals surface area contributed by atoms with E-state index < -0.39 is 18.1 Å². The minimum absolute atomic E-state index is 0.230. The minimum Gasteiger partial charge on any atom is -0.497 e. The van der Waals surface area contributed by atoms with Gasteiger partial charge in [-0.3, -0.25) is 14.5 Å². The molecule has 4 amide bonds. The molecule has 0 radical (unpaired) electrons. The summed E-state index contributed by atoms with van der Waals surface area (Å²) >= 11 is 0. The van der Waals surface area contributed by atoms with E-state index in [-0.39, 0.29) is 11.8 Å². The molecule has 8 nitrogen and oxygen atoms in total. The SMILES string of the molecule is COc1cccc(C2c3[nH]c4ccccc4c3C[C@H]3C(=O)N(c4ccc(C(=O)NCc5ccc(C)cc5)cc4)C(=O)N23)c1. The molecule has 5 aromatic rings. The van der Waals surface area contributed by atoms with Gasteiger partial charge in [0.25, 0.3) is 11.8 Å². The first-order valence-corrected chi connectivity index (χ1v) is 14.3. The Morgan fingerprint density at radius 1 is 0.953 bits per heavy atom. The minimum atomic E-state index is -0.673. The standard InChI is InChI=1S/C35H30N4O4/c1-21-10-12-22(13-11-21)20-36-33(40)23-14-16-25(17-15-23)38-34(41)30-19-28-27-8-3-4-9-29(27)37-31(28)32(39(30)35(38)42)24-6-5-7-26(18-24)43-2/h3-18,30,32,37H,19-20H2,1-2H3,(H,36,40)/t30-,32?/m0/s1. The number of rotatable bonds is 6. The molecule has 0 bridgehead atoms. The lowest BCUT2D eigenvalue weighted by Gasteiger charge is -2.36. The maximum Gasteiger partial charge on any atom is 0.332 e. The van der Waals surface area contributed by atoms with Crippen LogP contribution in [0.25, 0.3) is 10.9 Å². The number of benzene rings is 4. The van der Waals surface area contributed by atoms with Gasteiger partial charge in [0.2, 0.25) is 0 Å². The average molecular weight is 571 g/mol. The molecule has 2 N–H and O–H groups in total. The van der Waals surface area contributed by atoms with Gasteiger partial charge in [0, 0.05) is 35.1 Å². The number of hydrogen-bond acceptors (Lipinski definition) is 4. The van der Waals surface area contributed by atoms with Gasteiger partial charge < -0.3 is 15.0 Å². The van der Waals surface area contributed by atoms with Gasteiger partial charge in [0.05, 0.1) is 12.8 Å². The van der Waals surface area contributed by atoms with E-state index in [2.05, 4.69) is 10.3 Å². The number of carbonyl (C=O) groups excluding carboxylic acids is 3. The van der Waals surface area contributed by atoms with Crippen molar-refractivity contribution in [2.24, 2.45) is 0 Å². The Kier molecular flexibility index (Phi) is 6.46. The summed E-state index contributed by atoms with van der Waals surface area (Å²) in [5, 5.41) is 3.97. The number of hydrogen-bond donors (Lipinski definition) is 2. The highest BCUT2D eigenvalue weighted by molar-refractivity contribution is 6.22. The molecular weight excluding hydrogens is 540 g/mol. The van der Waals surface area contributed by atoms with Crippen LogP contribution in [0.2, 0.25) is 0 Å². The Morgan fingerprint density at radius 3 is 2.49 bits per heavy atom. The molecule has 8 heteroatoms. The zero-order chi connectivity index (χ0) is 29.7. The van der Waals surface area contributed by atoms with Gasteiger partial charge in [-0.1, -0.05) is 60.2 Å². The smallest absolute Gasteiger partial charge is 0.332 e. The lowest BCUT2D eigenvalue weighted by Crippen LogP contribution is -2.44. The summed E-state index contributed by atoms with van der Waals surface area (Å²) in [7, 11) is 1.61. The zero-order valence-corrected chi connectivity index (χ0v) is 23.8. The van der Waals surface area contributed by atoms with Crippen molar-refractivity contribution in [1.29, 1.82) is 0 Å². The third-order valence-corrected chi connectivity index (χ3v) is 8.42. The molecule has 1 aromatic heterocycles.